The monoisotopic (exact) mass is 370 g/mol. The van der Waals surface area contributed by atoms with Gasteiger partial charge in [0.2, 0.25) is 5.91 Å². The molecule has 0 aliphatic heterocycles. The Morgan fingerprint density at radius 3 is 2.11 bits per heavy atom. The normalized spacial score (nSPS) is 10.7. The number of carbonyl (C=O) groups is 2. The maximum Gasteiger partial charge on any atom is 0.272 e. The van der Waals surface area contributed by atoms with E-state index in [1.54, 1.807) is 62.8 Å². The Morgan fingerprint density at radius 2 is 1.56 bits per heavy atom. The van der Waals surface area contributed by atoms with Crippen LogP contribution in [0.3, 0.4) is 0 Å². The first-order valence-corrected chi connectivity index (χ1v) is 8.13. The summed E-state index contributed by atoms with van der Waals surface area (Å²) in [4.78, 5) is 24.1. The molecule has 2 rings (SSSR count). The minimum absolute atomic E-state index is 0.102. The molecule has 0 aromatic heterocycles. The second kappa shape index (κ2) is 9.28. The van der Waals surface area contributed by atoms with Gasteiger partial charge in [0.15, 0.2) is 11.5 Å². The topological polar surface area (TPSA) is 85.9 Å². The number of anilines is 1. The van der Waals surface area contributed by atoms with Gasteiger partial charge in [-0.3, -0.25) is 9.59 Å². The predicted molar refractivity (Wildman–Crippen MR) is 103 cm³/mol. The summed E-state index contributed by atoms with van der Waals surface area (Å²) in [7, 11) is 4.63. The molecule has 0 saturated heterocycles. The third-order valence-corrected chi connectivity index (χ3v) is 3.62. The average Bonchev–Trinajstić information content (AvgIpc) is 2.67. The van der Waals surface area contributed by atoms with Crippen molar-refractivity contribution in [2.75, 3.05) is 26.6 Å². The van der Waals surface area contributed by atoms with Crippen molar-refractivity contribution in [3.05, 3.63) is 53.7 Å². The van der Waals surface area contributed by atoms with Crippen LogP contribution in [0.1, 0.15) is 12.5 Å². The SMILES string of the molecule is COc1ccc(NC(=O)C(=Cc2ccc(OC)c(OC)c2)NC(C)=O)cc1. The van der Waals surface area contributed by atoms with Crippen LogP contribution in [0.25, 0.3) is 6.08 Å². The largest absolute Gasteiger partial charge is 0.497 e. The predicted octanol–water partition coefficient (Wildman–Crippen LogP) is 2.83. The number of hydrogen-bond acceptors (Lipinski definition) is 5. The van der Waals surface area contributed by atoms with Crippen LogP contribution in [0.4, 0.5) is 5.69 Å². The van der Waals surface area contributed by atoms with Crippen LogP contribution in [0, 0.1) is 0 Å². The third kappa shape index (κ3) is 5.50. The molecule has 27 heavy (non-hydrogen) atoms. The number of rotatable bonds is 7. The summed E-state index contributed by atoms with van der Waals surface area (Å²) in [5.41, 5.74) is 1.34. The standard InChI is InChI=1S/C20H22N2O5/c1-13(23)21-17(11-14-5-10-18(26-3)19(12-14)27-4)20(24)22-15-6-8-16(25-2)9-7-15/h5-12H,1-4H3,(H,21,23)(H,22,24). The number of amides is 2. The second-order valence-electron chi connectivity index (χ2n) is 5.54. The van der Waals surface area contributed by atoms with E-state index >= 15 is 0 Å². The van der Waals surface area contributed by atoms with Gasteiger partial charge in [-0.15, -0.1) is 0 Å². The van der Waals surface area contributed by atoms with Crippen LogP contribution in [-0.2, 0) is 9.59 Å². The summed E-state index contributed by atoms with van der Waals surface area (Å²) < 4.78 is 15.6. The number of ether oxygens (including phenoxy) is 3. The van der Waals surface area contributed by atoms with Crippen LogP contribution in [-0.4, -0.2) is 33.1 Å². The Labute approximate surface area is 157 Å². The maximum absolute atomic E-state index is 12.6. The van der Waals surface area contributed by atoms with Crippen molar-refractivity contribution < 1.29 is 23.8 Å². The van der Waals surface area contributed by atoms with Gasteiger partial charge in [0.05, 0.1) is 21.3 Å². The lowest BCUT2D eigenvalue weighted by Crippen LogP contribution is -2.28. The lowest BCUT2D eigenvalue weighted by atomic mass is 10.1. The van der Waals surface area contributed by atoms with E-state index in [9.17, 15) is 9.59 Å². The first-order chi connectivity index (χ1) is 13.0. The van der Waals surface area contributed by atoms with Gasteiger partial charge in [0.25, 0.3) is 5.91 Å². The minimum atomic E-state index is -0.454. The summed E-state index contributed by atoms with van der Waals surface area (Å²) in [6.07, 6.45) is 1.56. The zero-order chi connectivity index (χ0) is 19.8. The molecule has 0 heterocycles. The van der Waals surface area contributed by atoms with Gasteiger partial charge in [0, 0.05) is 12.6 Å². The van der Waals surface area contributed by atoms with Gasteiger partial charge >= 0.3 is 0 Å². The lowest BCUT2D eigenvalue weighted by Gasteiger charge is -2.11. The van der Waals surface area contributed by atoms with E-state index in [1.165, 1.54) is 14.0 Å². The molecule has 7 heteroatoms. The quantitative estimate of drug-likeness (QED) is 0.732. The molecule has 0 aliphatic carbocycles. The molecule has 0 atom stereocenters. The molecule has 2 amide bonds. The first kappa shape index (κ1) is 19.8. The molecule has 0 saturated carbocycles. The molecule has 0 radical (unpaired) electrons. The minimum Gasteiger partial charge on any atom is -0.497 e. The molecule has 0 aliphatic rings. The Bertz CT molecular complexity index is 844. The molecule has 2 N–H and O–H groups in total. The van der Waals surface area contributed by atoms with Crippen molar-refractivity contribution in [2.24, 2.45) is 0 Å². The molecular weight excluding hydrogens is 348 g/mol. The fourth-order valence-electron chi connectivity index (χ4n) is 2.33. The van der Waals surface area contributed by atoms with Gasteiger partial charge in [-0.25, -0.2) is 0 Å². The summed E-state index contributed by atoms with van der Waals surface area (Å²) >= 11 is 0. The van der Waals surface area contributed by atoms with Gasteiger partial charge < -0.3 is 24.8 Å². The van der Waals surface area contributed by atoms with Gasteiger partial charge in [-0.05, 0) is 48.0 Å². The van der Waals surface area contributed by atoms with Gasteiger partial charge in [-0.2, -0.15) is 0 Å². The smallest absolute Gasteiger partial charge is 0.272 e. The molecule has 0 fully saturated rings. The van der Waals surface area contributed by atoms with Crippen molar-refractivity contribution >= 4 is 23.6 Å². The number of carbonyl (C=O) groups excluding carboxylic acids is 2. The van der Waals surface area contributed by atoms with Crippen LogP contribution < -0.4 is 24.8 Å². The zero-order valence-corrected chi connectivity index (χ0v) is 15.7. The van der Waals surface area contributed by atoms with E-state index in [1.807, 2.05) is 0 Å². The zero-order valence-electron chi connectivity index (χ0n) is 15.7. The second-order valence-corrected chi connectivity index (χ2v) is 5.54. The molecule has 2 aromatic rings. The summed E-state index contributed by atoms with van der Waals surface area (Å²) in [5.74, 6) is 0.954. The fraction of sp³-hybridized carbons (Fsp3) is 0.200. The summed E-state index contributed by atoms with van der Waals surface area (Å²) in [6, 6.07) is 12.1. The Kier molecular flexibility index (Phi) is 6.82. The molecule has 0 unspecified atom stereocenters. The van der Waals surface area contributed by atoms with E-state index in [-0.39, 0.29) is 11.6 Å². The van der Waals surface area contributed by atoms with Crippen LogP contribution in [0.5, 0.6) is 17.2 Å². The van der Waals surface area contributed by atoms with Crippen LogP contribution >= 0.6 is 0 Å². The third-order valence-electron chi connectivity index (χ3n) is 3.62. The fourth-order valence-corrected chi connectivity index (χ4v) is 2.33. The Hall–Kier alpha value is -3.48. The van der Waals surface area contributed by atoms with E-state index in [0.29, 0.717) is 28.5 Å². The lowest BCUT2D eigenvalue weighted by molar-refractivity contribution is -0.120. The van der Waals surface area contributed by atoms with E-state index < -0.39 is 5.91 Å². The highest BCUT2D eigenvalue weighted by Crippen LogP contribution is 2.28. The maximum atomic E-state index is 12.6. The summed E-state index contributed by atoms with van der Waals surface area (Å²) in [5, 5.41) is 5.29. The molecular formula is C20H22N2O5. The van der Waals surface area contributed by atoms with Gasteiger partial charge in [-0.1, -0.05) is 6.07 Å². The highest BCUT2D eigenvalue weighted by molar-refractivity contribution is 6.08. The first-order valence-electron chi connectivity index (χ1n) is 8.13. The summed E-state index contributed by atoms with van der Waals surface area (Å²) in [6.45, 7) is 1.34. The molecule has 2 aromatic carbocycles. The molecule has 142 valence electrons. The van der Waals surface area contributed by atoms with Crippen LogP contribution in [0.2, 0.25) is 0 Å². The van der Waals surface area contributed by atoms with Crippen LogP contribution in [0.15, 0.2) is 48.2 Å². The van der Waals surface area contributed by atoms with Crippen molar-refractivity contribution in [2.45, 2.75) is 6.92 Å². The van der Waals surface area contributed by atoms with Crippen molar-refractivity contribution in [1.82, 2.24) is 5.32 Å². The van der Waals surface area contributed by atoms with Gasteiger partial charge in [0.1, 0.15) is 11.4 Å². The number of nitrogens with one attached hydrogen (secondary N) is 2. The Morgan fingerprint density at radius 1 is 0.889 bits per heavy atom. The molecule has 7 nitrogen and oxygen atoms in total. The molecule has 0 spiro atoms. The number of hydrogen-bond donors (Lipinski definition) is 2. The van der Waals surface area contributed by atoms with Crippen molar-refractivity contribution in [3.8, 4) is 17.2 Å². The van der Waals surface area contributed by atoms with E-state index in [2.05, 4.69) is 10.6 Å². The van der Waals surface area contributed by atoms with Crippen molar-refractivity contribution in [3.63, 3.8) is 0 Å². The molecule has 0 bridgehead atoms. The number of methoxy groups -OCH3 is 3. The Balaban J connectivity index is 2.28. The number of benzene rings is 2. The van der Waals surface area contributed by atoms with Crippen molar-refractivity contribution in [1.29, 1.82) is 0 Å². The average molecular weight is 370 g/mol. The van der Waals surface area contributed by atoms with E-state index in [0.717, 1.165) is 0 Å². The highest BCUT2D eigenvalue weighted by Gasteiger charge is 2.13. The van der Waals surface area contributed by atoms with E-state index in [4.69, 9.17) is 14.2 Å². The highest BCUT2D eigenvalue weighted by atomic mass is 16.5.